The standard InChI is InChI=1S/C16H22O4/c1-12(16(17)18)10-11-15(19-13-6-2-3-7-13)20-14-8-4-5-9-14/h6,8,15H,1-5,7,9-11H2,(H,17,18). The molecule has 20 heavy (non-hydrogen) atoms. The molecule has 2 aliphatic carbocycles. The van der Waals surface area contributed by atoms with Crippen molar-refractivity contribution in [2.75, 3.05) is 0 Å². The number of hydrogen-bond donors (Lipinski definition) is 1. The summed E-state index contributed by atoms with van der Waals surface area (Å²) in [5, 5.41) is 8.86. The van der Waals surface area contributed by atoms with Gasteiger partial charge in [-0.3, -0.25) is 0 Å². The van der Waals surface area contributed by atoms with Crippen molar-refractivity contribution in [2.45, 2.75) is 57.7 Å². The fraction of sp³-hybridized carbons (Fsp3) is 0.562. The molecule has 0 spiro atoms. The first kappa shape index (κ1) is 14.7. The van der Waals surface area contributed by atoms with Gasteiger partial charge in [-0.2, -0.15) is 0 Å². The van der Waals surface area contributed by atoms with Crippen LogP contribution in [0.2, 0.25) is 0 Å². The van der Waals surface area contributed by atoms with Crippen LogP contribution in [0, 0.1) is 0 Å². The van der Waals surface area contributed by atoms with Gasteiger partial charge in [-0.05, 0) is 44.3 Å². The molecule has 0 saturated heterocycles. The van der Waals surface area contributed by atoms with E-state index >= 15 is 0 Å². The van der Waals surface area contributed by atoms with Gasteiger partial charge in [-0.15, -0.1) is 0 Å². The second-order valence-corrected chi connectivity index (χ2v) is 5.24. The molecule has 0 aromatic carbocycles. The first-order valence-electron chi connectivity index (χ1n) is 7.27. The van der Waals surface area contributed by atoms with Crippen LogP contribution < -0.4 is 0 Å². The van der Waals surface area contributed by atoms with E-state index in [-0.39, 0.29) is 5.57 Å². The van der Waals surface area contributed by atoms with Crippen LogP contribution in [-0.4, -0.2) is 17.4 Å². The number of carboxylic acids is 1. The molecule has 0 bridgehead atoms. The maximum absolute atomic E-state index is 10.8. The maximum atomic E-state index is 10.8. The molecule has 0 saturated carbocycles. The third-order valence-electron chi connectivity index (χ3n) is 3.55. The van der Waals surface area contributed by atoms with Crippen LogP contribution in [0.25, 0.3) is 0 Å². The van der Waals surface area contributed by atoms with E-state index in [1.54, 1.807) is 0 Å². The summed E-state index contributed by atoms with van der Waals surface area (Å²) in [4.78, 5) is 10.8. The van der Waals surface area contributed by atoms with Crippen molar-refractivity contribution in [3.63, 3.8) is 0 Å². The van der Waals surface area contributed by atoms with Crippen molar-refractivity contribution < 1.29 is 19.4 Å². The van der Waals surface area contributed by atoms with Crippen LogP contribution in [0.4, 0.5) is 0 Å². The molecule has 0 unspecified atom stereocenters. The highest BCUT2D eigenvalue weighted by molar-refractivity contribution is 5.85. The van der Waals surface area contributed by atoms with E-state index in [1.807, 2.05) is 0 Å². The number of hydrogen-bond acceptors (Lipinski definition) is 3. The molecule has 0 amide bonds. The summed E-state index contributed by atoms with van der Waals surface area (Å²) in [5.74, 6) is 0.980. The van der Waals surface area contributed by atoms with Crippen molar-refractivity contribution in [1.29, 1.82) is 0 Å². The number of ether oxygens (including phenoxy) is 2. The van der Waals surface area contributed by atoms with Crippen molar-refractivity contribution in [3.8, 4) is 0 Å². The Hall–Kier alpha value is -1.71. The average molecular weight is 278 g/mol. The van der Waals surface area contributed by atoms with E-state index in [1.165, 1.54) is 0 Å². The summed E-state index contributed by atoms with van der Waals surface area (Å²) in [6.07, 6.45) is 10.9. The molecule has 0 aromatic rings. The quantitative estimate of drug-likeness (QED) is 0.540. The molecule has 0 fully saturated rings. The Labute approximate surface area is 119 Å². The topological polar surface area (TPSA) is 55.8 Å². The van der Waals surface area contributed by atoms with Gasteiger partial charge in [0.2, 0.25) is 6.29 Å². The second kappa shape index (κ2) is 7.17. The summed E-state index contributed by atoms with van der Waals surface area (Å²) in [6, 6.07) is 0. The van der Waals surface area contributed by atoms with Crippen LogP contribution in [0.1, 0.15) is 51.4 Å². The number of aliphatic carboxylic acids is 1. The van der Waals surface area contributed by atoms with Gasteiger partial charge in [0, 0.05) is 24.8 Å². The first-order valence-corrected chi connectivity index (χ1v) is 7.27. The Bertz CT molecular complexity index is 408. The van der Waals surface area contributed by atoms with Crippen molar-refractivity contribution in [3.05, 3.63) is 35.8 Å². The molecule has 1 N–H and O–H groups in total. The number of allylic oxidation sites excluding steroid dienone is 4. The Balaban J connectivity index is 1.88. The lowest BCUT2D eigenvalue weighted by molar-refractivity contribution is -0.133. The Morgan fingerprint density at radius 3 is 2.15 bits per heavy atom. The number of carbonyl (C=O) groups is 1. The molecule has 0 heterocycles. The molecule has 4 nitrogen and oxygen atoms in total. The fourth-order valence-corrected chi connectivity index (χ4v) is 2.38. The molecule has 4 heteroatoms. The minimum Gasteiger partial charge on any atom is -0.478 e. The Morgan fingerprint density at radius 2 is 1.75 bits per heavy atom. The third kappa shape index (κ3) is 4.44. The molecular formula is C16H22O4. The molecule has 0 atom stereocenters. The van der Waals surface area contributed by atoms with Crippen LogP contribution in [0.5, 0.6) is 0 Å². The summed E-state index contributed by atoms with van der Waals surface area (Å²) >= 11 is 0. The van der Waals surface area contributed by atoms with E-state index in [0.717, 1.165) is 50.0 Å². The second-order valence-electron chi connectivity index (χ2n) is 5.24. The molecule has 0 aromatic heterocycles. The van der Waals surface area contributed by atoms with Crippen LogP contribution in [0.3, 0.4) is 0 Å². The SMILES string of the molecule is C=C(CCC(OC1=CCCC1)OC1=CCCC1)C(=O)O. The summed E-state index contributed by atoms with van der Waals surface area (Å²) in [6.45, 7) is 3.55. The van der Waals surface area contributed by atoms with Crippen LogP contribution >= 0.6 is 0 Å². The minimum absolute atomic E-state index is 0.197. The van der Waals surface area contributed by atoms with Crippen molar-refractivity contribution >= 4 is 5.97 Å². The largest absolute Gasteiger partial charge is 0.478 e. The normalized spacial score (nSPS) is 17.9. The summed E-state index contributed by atoms with van der Waals surface area (Å²) in [7, 11) is 0. The highest BCUT2D eigenvalue weighted by Crippen LogP contribution is 2.27. The lowest BCUT2D eigenvalue weighted by Crippen LogP contribution is -2.17. The van der Waals surface area contributed by atoms with Crippen molar-refractivity contribution in [2.24, 2.45) is 0 Å². The molecule has 2 aliphatic rings. The van der Waals surface area contributed by atoms with Gasteiger partial charge < -0.3 is 14.6 Å². The Morgan fingerprint density at radius 1 is 1.20 bits per heavy atom. The fourth-order valence-electron chi connectivity index (χ4n) is 2.38. The summed E-state index contributed by atoms with van der Waals surface area (Å²) < 4.78 is 11.7. The first-order chi connectivity index (χ1) is 9.65. The predicted molar refractivity (Wildman–Crippen MR) is 75.8 cm³/mol. The molecular weight excluding hydrogens is 256 g/mol. The van der Waals surface area contributed by atoms with E-state index in [0.29, 0.717) is 12.8 Å². The lowest BCUT2D eigenvalue weighted by Gasteiger charge is -2.22. The predicted octanol–water partition coefficient (Wildman–Crippen LogP) is 3.90. The van der Waals surface area contributed by atoms with Gasteiger partial charge >= 0.3 is 5.97 Å². The zero-order valence-corrected chi connectivity index (χ0v) is 11.8. The van der Waals surface area contributed by atoms with Gasteiger partial charge in [0.15, 0.2) is 0 Å². The molecule has 110 valence electrons. The highest BCUT2D eigenvalue weighted by atomic mass is 16.7. The zero-order valence-electron chi connectivity index (χ0n) is 11.8. The minimum atomic E-state index is -0.955. The molecule has 0 aliphatic heterocycles. The Kier molecular flexibility index (Phi) is 5.27. The summed E-state index contributed by atoms with van der Waals surface area (Å²) in [5.41, 5.74) is 0.197. The molecule has 0 radical (unpaired) electrons. The average Bonchev–Trinajstić information content (AvgIpc) is 3.08. The maximum Gasteiger partial charge on any atom is 0.330 e. The monoisotopic (exact) mass is 278 g/mol. The van der Waals surface area contributed by atoms with E-state index in [2.05, 4.69) is 18.7 Å². The molecule has 2 rings (SSSR count). The number of carboxylic acid groups (broad SMARTS) is 1. The lowest BCUT2D eigenvalue weighted by atomic mass is 10.1. The van der Waals surface area contributed by atoms with Gasteiger partial charge in [-0.25, -0.2) is 4.79 Å². The van der Waals surface area contributed by atoms with Gasteiger partial charge in [0.05, 0.1) is 11.5 Å². The van der Waals surface area contributed by atoms with Gasteiger partial charge in [0.1, 0.15) is 0 Å². The van der Waals surface area contributed by atoms with E-state index in [4.69, 9.17) is 14.6 Å². The van der Waals surface area contributed by atoms with Crippen LogP contribution in [0.15, 0.2) is 35.8 Å². The highest BCUT2D eigenvalue weighted by Gasteiger charge is 2.19. The van der Waals surface area contributed by atoms with Gasteiger partial charge in [0.25, 0.3) is 0 Å². The third-order valence-corrected chi connectivity index (χ3v) is 3.55. The number of rotatable bonds is 8. The van der Waals surface area contributed by atoms with E-state index in [9.17, 15) is 4.79 Å². The zero-order chi connectivity index (χ0) is 14.4. The smallest absolute Gasteiger partial charge is 0.330 e. The van der Waals surface area contributed by atoms with Gasteiger partial charge in [-0.1, -0.05) is 6.58 Å². The van der Waals surface area contributed by atoms with Crippen molar-refractivity contribution in [1.82, 2.24) is 0 Å². The van der Waals surface area contributed by atoms with Crippen LogP contribution in [-0.2, 0) is 14.3 Å². The van der Waals surface area contributed by atoms with E-state index < -0.39 is 12.3 Å².